The van der Waals surface area contributed by atoms with Gasteiger partial charge in [-0.15, -0.1) is 0 Å². The topological polar surface area (TPSA) is 45.5 Å². The minimum atomic E-state index is -0.0754. The van der Waals surface area contributed by atoms with E-state index in [1.165, 1.54) is 11.1 Å². The van der Waals surface area contributed by atoms with Gasteiger partial charge >= 0.3 is 0 Å². The predicted molar refractivity (Wildman–Crippen MR) is 113 cm³/mol. The lowest BCUT2D eigenvalue weighted by atomic mass is 9.85. The van der Waals surface area contributed by atoms with E-state index in [1.54, 1.807) is 0 Å². The Bertz CT molecular complexity index is 795. The molecule has 1 unspecified atom stereocenters. The van der Waals surface area contributed by atoms with Crippen molar-refractivity contribution in [3.8, 4) is 0 Å². The van der Waals surface area contributed by atoms with Crippen LogP contribution in [0.3, 0.4) is 0 Å². The smallest absolute Gasteiger partial charge is 0.193 e. The molecule has 0 saturated carbocycles. The molecule has 1 atom stereocenters. The Balaban J connectivity index is 1.71. The molecule has 0 spiro atoms. The van der Waals surface area contributed by atoms with Crippen LogP contribution in [0.4, 0.5) is 0 Å². The lowest BCUT2D eigenvalue weighted by molar-refractivity contribution is 0.474. The normalized spacial score (nSPS) is 18.2. The average Bonchev–Trinajstić information content (AvgIpc) is 3.27. The molecule has 3 rings (SSSR count). The number of aromatic nitrogens is 2. The summed E-state index contributed by atoms with van der Waals surface area (Å²) in [6.07, 6.45) is 5.24. The van der Waals surface area contributed by atoms with Gasteiger partial charge in [0.2, 0.25) is 0 Å². The summed E-state index contributed by atoms with van der Waals surface area (Å²) in [4.78, 5) is 7.34. The van der Waals surface area contributed by atoms with Crippen LogP contribution in [0.1, 0.15) is 44.2 Å². The third kappa shape index (κ3) is 4.83. The molecule has 1 saturated heterocycles. The number of hydrogen-bond donors (Lipinski definition) is 1. The fourth-order valence-corrected chi connectivity index (χ4v) is 3.77. The fourth-order valence-electron chi connectivity index (χ4n) is 3.57. The summed E-state index contributed by atoms with van der Waals surface area (Å²) < 4.78 is 1.88. The van der Waals surface area contributed by atoms with E-state index in [9.17, 15) is 0 Å². The molecule has 6 heteroatoms. The monoisotopic (exact) mass is 387 g/mol. The fraction of sp³-hybridized carbons (Fsp3) is 0.524. The van der Waals surface area contributed by atoms with Crippen LogP contribution in [0.2, 0.25) is 5.02 Å². The molecule has 0 aliphatic carbocycles. The van der Waals surface area contributed by atoms with Crippen LogP contribution in [0, 0.1) is 0 Å². The minimum absolute atomic E-state index is 0.0754. The maximum Gasteiger partial charge on any atom is 0.193 e. The highest BCUT2D eigenvalue weighted by atomic mass is 35.5. The van der Waals surface area contributed by atoms with E-state index in [0.29, 0.717) is 12.5 Å². The van der Waals surface area contributed by atoms with E-state index >= 15 is 0 Å². The molecule has 1 N–H and O–H groups in total. The number of halogens is 1. The first-order valence-electron chi connectivity index (χ1n) is 9.67. The van der Waals surface area contributed by atoms with Crippen molar-refractivity contribution in [1.29, 1.82) is 0 Å². The lowest BCUT2D eigenvalue weighted by Crippen LogP contribution is -2.41. The Hall–Kier alpha value is -2.01. The van der Waals surface area contributed by atoms with Crippen molar-refractivity contribution in [2.24, 2.45) is 12.0 Å². The van der Waals surface area contributed by atoms with Crippen LogP contribution in [-0.4, -0.2) is 46.8 Å². The Kier molecular flexibility index (Phi) is 6.10. The van der Waals surface area contributed by atoms with Crippen LogP contribution in [0.15, 0.2) is 41.7 Å². The number of nitrogens with one attached hydrogen (secondary N) is 1. The van der Waals surface area contributed by atoms with Crippen molar-refractivity contribution >= 4 is 17.6 Å². The van der Waals surface area contributed by atoms with Gasteiger partial charge in [0.25, 0.3) is 0 Å². The summed E-state index contributed by atoms with van der Waals surface area (Å²) in [6, 6.07) is 8.09. The largest absolute Gasteiger partial charge is 0.357 e. The number of nitrogens with zero attached hydrogens (tertiary/aromatic N) is 4. The Morgan fingerprint density at radius 3 is 2.89 bits per heavy atom. The predicted octanol–water partition coefficient (Wildman–Crippen LogP) is 3.81. The average molecular weight is 388 g/mol. The van der Waals surface area contributed by atoms with Gasteiger partial charge in [-0.1, -0.05) is 37.6 Å². The molecule has 1 aromatic heterocycles. The maximum absolute atomic E-state index is 6.18. The highest BCUT2D eigenvalue weighted by Crippen LogP contribution is 2.28. The van der Waals surface area contributed by atoms with E-state index in [-0.39, 0.29) is 5.41 Å². The quantitative estimate of drug-likeness (QED) is 0.626. The van der Waals surface area contributed by atoms with Crippen LogP contribution >= 0.6 is 11.6 Å². The summed E-state index contributed by atoms with van der Waals surface area (Å²) in [7, 11) is 1.97. The van der Waals surface area contributed by atoms with Gasteiger partial charge in [-0.25, -0.2) is 0 Å². The molecule has 1 aliphatic rings. The van der Waals surface area contributed by atoms with Gasteiger partial charge in [-0.2, -0.15) is 5.10 Å². The summed E-state index contributed by atoms with van der Waals surface area (Å²) in [5.41, 5.74) is 2.45. The molecular weight excluding hydrogens is 358 g/mol. The van der Waals surface area contributed by atoms with E-state index in [1.807, 2.05) is 36.1 Å². The second-order valence-corrected chi connectivity index (χ2v) is 8.38. The lowest BCUT2D eigenvalue weighted by Gasteiger charge is -2.26. The van der Waals surface area contributed by atoms with E-state index < -0.39 is 0 Å². The van der Waals surface area contributed by atoms with Crippen molar-refractivity contribution in [3.63, 3.8) is 0 Å². The molecule has 2 heterocycles. The van der Waals surface area contributed by atoms with Gasteiger partial charge in [0.15, 0.2) is 5.96 Å². The van der Waals surface area contributed by atoms with E-state index in [4.69, 9.17) is 16.6 Å². The minimum Gasteiger partial charge on any atom is -0.357 e. The van der Waals surface area contributed by atoms with Crippen LogP contribution < -0.4 is 5.32 Å². The first-order valence-corrected chi connectivity index (χ1v) is 10.0. The highest BCUT2D eigenvalue weighted by molar-refractivity contribution is 6.30. The van der Waals surface area contributed by atoms with Crippen LogP contribution in [-0.2, 0) is 12.5 Å². The van der Waals surface area contributed by atoms with Crippen molar-refractivity contribution in [2.75, 3.05) is 26.2 Å². The molecular formula is C21H30ClN5. The van der Waals surface area contributed by atoms with Crippen molar-refractivity contribution in [2.45, 2.75) is 38.5 Å². The molecule has 1 aromatic carbocycles. The van der Waals surface area contributed by atoms with E-state index in [2.05, 4.69) is 48.3 Å². The SMILES string of the molecule is CCNC(=NCC(C)(C)c1cccc(Cl)c1)N1CCC(c2cnn(C)c2)C1. The molecule has 0 bridgehead atoms. The second-order valence-electron chi connectivity index (χ2n) is 7.94. The third-order valence-corrected chi connectivity index (χ3v) is 5.48. The molecule has 0 radical (unpaired) electrons. The highest BCUT2D eigenvalue weighted by Gasteiger charge is 2.28. The van der Waals surface area contributed by atoms with Crippen LogP contribution in [0.5, 0.6) is 0 Å². The number of aryl methyl sites for hydroxylation is 1. The van der Waals surface area contributed by atoms with Crippen molar-refractivity contribution < 1.29 is 0 Å². The summed E-state index contributed by atoms with van der Waals surface area (Å²) >= 11 is 6.18. The molecule has 27 heavy (non-hydrogen) atoms. The van der Waals surface area contributed by atoms with Gasteiger partial charge in [0.05, 0.1) is 12.7 Å². The zero-order chi connectivity index (χ0) is 19.4. The number of hydrogen-bond acceptors (Lipinski definition) is 2. The number of benzene rings is 1. The maximum atomic E-state index is 6.18. The van der Waals surface area contributed by atoms with Gasteiger partial charge in [-0.05, 0) is 36.6 Å². The molecule has 0 amide bonds. The Morgan fingerprint density at radius 1 is 1.41 bits per heavy atom. The Morgan fingerprint density at radius 2 is 2.22 bits per heavy atom. The van der Waals surface area contributed by atoms with Gasteiger partial charge in [-0.3, -0.25) is 9.67 Å². The molecule has 146 valence electrons. The third-order valence-electron chi connectivity index (χ3n) is 5.25. The molecule has 1 fully saturated rings. The first kappa shape index (κ1) is 19.7. The molecule has 2 aromatic rings. The zero-order valence-corrected chi connectivity index (χ0v) is 17.5. The second kappa shape index (κ2) is 8.34. The summed E-state index contributed by atoms with van der Waals surface area (Å²) in [5, 5.41) is 8.56. The van der Waals surface area contributed by atoms with Gasteiger partial charge < -0.3 is 10.2 Å². The summed E-state index contributed by atoms with van der Waals surface area (Å²) in [6.45, 7) is 10.1. The number of guanidine groups is 1. The number of aliphatic imine (C=N–C) groups is 1. The number of likely N-dealkylation sites (tertiary alicyclic amines) is 1. The summed E-state index contributed by atoms with van der Waals surface area (Å²) in [5.74, 6) is 1.52. The van der Waals surface area contributed by atoms with Crippen LogP contribution in [0.25, 0.3) is 0 Å². The Labute approximate surface area is 167 Å². The molecule has 1 aliphatic heterocycles. The van der Waals surface area contributed by atoms with Gasteiger partial charge in [0, 0.05) is 49.2 Å². The standard InChI is InChI=1S/C21H30ClN5/c1-5-23-20(24-15-21(2,3)18-7-6-8-19(22)11-18)27-10-9-16(14-27)17-12-25-26(4)13-17/h6-8,11-13,16H,5,9-10,14-15H2,1-4H3,(H,23,24). The first-order chi connectivity index (χ1) is 12.9. The molecule has 5 nitrogen and oxygen atoms in total. The van der Waals surface area contributed by atoms with Crippen molar-refractivity contribution in [1.82, 2.24) is 20.0 Å². The zero-order valence-electron chi connectivity index (χ0n) is 16.7. The van der Waals surface area contributed by atoms with E-state index in [0.717, 1.165) is 37.0 Å². The number of rotatable bonds is 5. The van der Waals surface area contributed by atoms with Crippen molar-refractivity contribution in [3.05, 3.63) is 52.8 Å². The van der Waals surface area contributed by atoms with Gasteiger partial charge in [0.1, 0.15) is 0 Å².